The summed E-state index contributed by atoms with van der Waals surface area (Å²) in [7, 11) is 1.74. The Morgan fingerprint density at radius 1 is 1.38 bits per heavy atom. The van der Waals surface area contributed by atoms with Gasteiger partial charge in [-0.15, -0.1) is 12.6 Å². The van der Waals surface area contributed by atoms with Crippen LogP contribution in [0.3, 0.4) is 0 Å². The van der Waals surface area contributed by atoms with Crippen molar-refractivity contribution >= 4 is 35.6 Å². The second-order valence-electron chi connectivity index (χ2n) is 6.71. The number of thiol groups is 1. The molecule has 0 bridgehead atoms. The van der Waals surface area contributed by atoms with Gasteiger partial charge in [-0.1, -0.05) is 13.8 Å². The number of carbonyl (C=O) groups excluding carboxylic acids is 1. The fraction of sp³-hybridized carbons (Fsp3) is 0.429. The van der Waals surface area contributed by atoms with E-state index in [2.05, 4.69) is 46.7 Å². The maximum Gasteiger partial charge on any atom is 0.252 e. The molecule has 0 spiro atoms. The fourth-order valence-electron chi connectivity index (χ4n) is 3.11. The average Bonchev–Trinajstić information content (AvgIpc) is 2.72. The molecule has 0 aliphatic carbocycles. The zero-order valence-electron chi connectivity index (χ0n) is 17.4. The highest BCUT2D eigenvalue weighted by Gasteiger charge is 2.21. The largest absolute Gasteiger partial charge is 0.392 e. The lowest BCUT2D eigenvalue weighted by Gasteiger charge is -2.25. The first-order valence-electron chi connectivity index (χ1n) is 9.93. The quantitative estimate of drug-likeness (QED) is 0.312. The lowest BCUT2D eigenvalue weighted by Crippen LogP contribution is -2.34. The van der Waals surface area contributed by atoms with Crippen molar-refractivity contribution in [2.45, 2.75) is 33.1 Å². The lowest BCUT2D eigenvalue weighted by atomic mass is 10.2. The monoisotopic (exact) mass is 414 g/mol. The van der Waals surface area contributed by atoms with Gasteiger partial charge in [0.1, 0.15) is 10.9 Å². The summed E-state index contributed by atoms with van der Waals surface area (Å²) in [4.78, 5) is 25.3. The van der Waals surface area contributed by atoms with Crippen LogP contribution in [0.25, 0.3) is 0 Å². The molecule has 0 unspecified atom stereocenters. The topological polar surface area (TPSA) is 84.7 Å². The van der Waals surface area contributed by atoms with Crippen molar-refractivity contribution in [1.29, 1.82) is 5.41 Å². The number of allylic oxidation sites excluding steroid dienone is 1. The van der Waals surface area contributed by atoms with Crippen molar-refractivity contribution in [2.24, 2.45) is 4.99 Å². The predicted molar refractivity (Wildman–Crippen MR) is 123 cm³/mol. The number of carbonyl (C=O) groups is 1. The number of hydrogen-bond donors (Lipinski definition) is 3. The van der Waals surface area contributed by atoms with Crippen molar-refractivity contribution in [3.63, 3.8) is 0 Å². The van der Waals surface area contributed by atoms with Crippen molar-refractivity contribution in [1.82, 2.24) is 15.2 Å². The predicted octanol–water partition coefficient (Wildman–Crippen LogP) is 3.21. The molecule has 1 aromatic heterocycles. The van der Waals surface area contributed by atoms with Crippen LogP contribution in [0.2, 0.25) is 0 Å². The van der Waals surface area contributed by atoms with E-state index >= 15 is 0 Å². The summed E-state index contributed by atoms with van der Waals surface area (Å²) in [5.41, 5.74) is 2.01. The number of rotatable bonds is 10. The van der Waals surface area contributed by atoms with Gasteiger partial charge in [0, 0.05) is 69.1 Å². The molecule has 7 nitrogen and oxygen atoms in total. The van der Waals surface area contributed by atoms with E-state index in [1.807, 2.05) is 12.1 Å². The lowest BCUT2D eigenvalue weighted by molar-refractivity contribution is -0.124. The summed E-state index contributed by atoms with van der Waals surface area (Å²) in [5.74, 6) is 0.765. The standard InChI is InChI=1S/C21H30N6OS/c1-4-9-26(10-5-2)19-7-6-16(14-24-19)21(29)25-17-8-11-27(20(28)12-17)18(13-22)15-23-3/h6-7,12-15,22-23H,4-5,8-11H2,1-3H3,(H,25,29)/b18-15+,22-13?. The summed E-state index contributed by atoms with van der Waals surface area (Å²) < 4.78 is 0. The zero-order chi connectivity index (χ0) is 21.2. The van der Waals surface area contributed by atoms with Crippen LogP contribution in [0.1, 0.15) is 38.7 Å². The number of anilines is 1. The Labute approximate surface area is 178 Å². The highest BCUT2D eigenvalue weighted by atomic mass is 32.1. The fourth-order valence-corrected chi connectivity index (χ4v) is 3.37. The minimum atomic E-state index is -0.190. The molecule has 0 saturated heterocycles. The van der Waals surface area contributed by atoms with Crippen LogP contribution < -0.4 is 10.2 Å². The summed E-state index contributed by atoms with van der Waals surface area (Å²) in [6.45, 7) is 6.75. The first kappa shape index (κ1) is 22.7. The van der Waals surface area contributed by atoms with Gasteiger partial charge in [0.25, 0.3) is 5.91 Å². The number of nitrogens with one attached hydrogen (secondary N) is 2. The van der Waals surface area contributed by atoms with E-state index in [0.717, 1.165) is 43.5 Å². The zero-order valence-corrected chi connectivity index (χ0v) is 18.2. The number of nitrogens with zero attached hydrogens (tertiary/aromatic N) is 4. The first-order valence-corrected chi connectivity index (χ1v) is 10.4. The van der Waals surface area contributed by atoms with Crippen LogP contribution in [0.4, 0.5) is 5.82 Å². The third kappa shape index (κ3) is 6.19. The number of pyridine rings is 1. The minimum Gasteiger partial charge on any atom is -0.392 e. The van der Waals surface area contributed by atoms with Gasteiger partial charge >= 0.3 is 0 Å². The maximum atomic E-state index is 12.4. The van der Waals surface area contributed by atoms with Gasteiger partial charge in [0.15, 0.2) is 0 Å². The molecule has 8 heteroatoms. The molecule has 1 aliphatic rings. The number of amides is 1. The molecule has 1 amide bonds. The second kappa shape index (κ2) is 11.4. The van der Waals surface area contributed by atoms with Crippen LogP contribution in [0, 0.1) is 5.41 Å². The molecule has 2 heterocycles. The SMILES string of the molecule is CCCN(CCC)c1ccc(/C(S)=N/C2=CC(=O)N(/C(C=N)=C/NC)CC2)cn1. The summed E-state index contributed by atoms with van der Waals surface area (Å²) in [6.07, 6.45) is 8.81. The van der Waals surface area contributed by atoms with Gasteiger partial charge in [-0.2, -0.15) is 0 Å². The molecule has 0 fully saturated rings. The van der Waals surface area contributed by atoms with Crippen LogP contribution >= 0.6 is 12.6 Å². The van der Waals surface area contributed by atoms with Crippen LogP contribution in [0.5, 0.6) is 0 Å². The van der Waals surface area contributed by atoms with Crippen molar-refractivity contribution in [3.8, 4) is 0 Å². The smallest absolute Gasteiger partial charge is 0.252 e. The Balaban J connectivity index is 2.14. The Kier molecular flexibility index (Phi) is 8.92. The molecule has 2 rings (SSSR count). The van der Waals surface area contributed by atoms with E-state index < -0.39 is 0 Å². The number of hydrogen-bond acceptors (Lipinski definition) is 6. The van der Waals surface area contributed by atoms with Crippen molar-refractivity contribution < 1.29 is 4.79 Å². The molecule has 2 N–H and O–H groups in total. The van der Waals surface area contributed by atoms with Gasteiger partial charge in [0.05, 0.1) is 5.70 Å². The minimum absolute atomic E-state index is 0.190. The molecule has 0 radical (unpaired) electrons. The van der Waals surface area contributed by atoms with E-state index in [-0.39, 0.29) is 5.91 Å². The first-order chi connectivity index (χ1) is 14.0. The molecule has 29 heavy (non-hydrogen) atoms. The van der Waals surface area contributed by atoms with Crippen molar-refractivity contribution in [2.75, 3.05) is 31.6 Å². The van der Waals surface area contributed by atoms with Crippen LogP contribution in [0.15, 0.2) is 47.0 Å². The average molecular weight is 415 g/mol. The summed E-state index contributed by atoms with van der Waals surface area (Å²) in [5, 5.41) is 10.9. The molecule has 0 saturated carbocycles. The van der Waals surface area contributed by atoms with Gasteiger partial charge in [-0.25, -0.2) is 9.98 Å². The molecule has 1 aliphatic heterocycles. The van der Waals surface area contributed by atoms with Gasteiger partial charge in [0.2, 0.25) is 0 Å². The molecule has 156 valence electrons. The van der Waals surface area contributed by atoms with E-state index in [0.29, 0.717) is 29.4 Å². The number of aliphatic imine (C=N–C) groups is 1. The van der Waals surface area contributed by atoms with Crippen LogP contribution in [-0.4, -0.2) is 53.7 Å². The van der Waals surface area contributed by atoms with Crippen molar-refractivity contribution in [3.05, 3.63) is 47.6 Å². The molecule has 0 aromatic carbocycles. The van der Waals surface area contributed by atoms with E-state index in [1.165, 1.54) is 6.08 Å². The Hall–Kier alpha value is -2.61. The summed E-state index contributed by atoms with van der Waals surface area (Å²) >= 11 is 4.52. The molecular weight excluding hydrogens is 384 g/mol. The Bertz CT molecular complexity index is 794. The third-order valence-corrected chi connectivity index (χ3v) is 4.82. The van der Waals surface area contributed by atoms with E-state index in [9.17, 15) is 4.79 Å². The second-order valence-corrected chi connectivity index (χ2v) is 7.13. The van der Waals surface area contributed by atoms with E-state index in [4.69, 9.17) is 5.41 Å². The Morgan fingerprint density at radius 3 is 2.62 bits per heavy atom. The van der Waals surface area contributed by atoms with Gasteiger partial charge < -0.3 is 20.5 Å². The summed E-state index contributed by atoms with van der Waals surface area (Å²) in [6, 6.07) is 3.96. The van der Waals surface area contributed by atoms with Gasteiger partial charge in [-0.3, -0.25) is 4.79 Å². The Morgan fingerprint density at radius 2 is 2.10 bits per heavy atom. The van der Waals surface area contributed by atoms with E-state index in [1.54, 1.807) is 24.3 Å². The maximum absolute atomic E-state index is 12.4. The third-order valence-electron chi connectivity index (χ3n) is 4.47. The normalized spacial score (nSPS) is 15.2. The molecule has 1 aromatic rings. The van der Waals surface area contributed by atoms with Gasteiger partial charge in [-0.05, 0) is 25.0 Å². The molecular formula is C21H30N6OS. The highest BCUT2D eigenvalue weighted by molar-refractivity contribution is 7.97. The number of aromatic nitrogens is 1. The molecule has 0 atom stereocenters. The van der Waals surface area contributed by atoms with Crippen LogP contribution in [-0.2, 0) is 4.79 Å². The highest BCUT2D eigenvalue weighted by Crippen LogP contribution is 2.19.